The number of para-hydroxylation sites is 1. The average molecular weight is 482 g/mol. The normalized spacial score (nSPS) is 13.2. The molecule has 34 heavy (non-hydrogen) atoms. The highest BCUT2D eigenvalue weighted by molar-refractivity contribution is 7.13. The number of morpholine rings is 1. The van der Waals surface area contributed by atoms with Crippen LogP contribution >= 0.6 is 11.3 Å². The van der Waals surface area contributed by atoms with Crippen LogP contribution in [0.1, 0.15) is 36.8 Å². The fourth-order valence-electron chi connectivity index (χ4n) is 3.28. The number of hydrogen-bond acceptors (Lipinski definition) is 8. The zero-order valence-electron chi connectivity index (χ0n) is 18.2. The van der Waals surface area contributed by atoms with Crippen molar-refractivity contribution in [3.05, 3.63) is 76.3 Å². The number of nitrogens with one attached hydrogen (secondary N) is 2. The Morgan fingerprint density at radius 3 is 2.62 bits per heavy atom. The summed E-state index contributed by atoms with van der Waals surface area (Å²) in [6.45, 7) is 2.82. The Morgan fingerprint density at radius 2 is 1.82 bits per heavy atom. The second kappa shape index (κ2) is 10.8. The Kier molecular flexibility index (Phi) is 7.35. The molecule has 0 radical (unpaired) electrons. The number of primary amides is 1. The summed E-state index contributed by atoms with van der Waals surface area (Å²) in [5.74, 6) is -1.23. The Morgan fingerprint density at radius 1 is 1.06 bits per heavy atom. The molecule has 1 aliphatic rings. The summed E-state index contributed by atoms with van der Waals surface area (Å²) in [7, 11) is 0. The Labute approximate surface area is 199 Å². The third-order valence-corrected chi connectivity index (χ3v) is 5.93. The van der Waals surface area contributed by atoms with E-state index in [1.54, 1.807) is 53.9 Å². The van der Waals surface area contributed by atoms with Gasteiger partial charge >= 0.3 is 0 Å². The van der Waals surface area contributed by atoms with E-state index in [0.717, 1.165) is 18.2 Å². The first-order chi connectivity index (χ1) is 16.5. The van der Waals surface area contributed by atoms with Gasteiger partial charge in [0.15, 0.2) is 5.13 Å². The number of nitrogens with two attached hydrogens (primary N) is 1. The number of carbonyl (C=O) groups is 3. The van der Waals surface area contributed by atoms with E-state index in [1.165, 1.54) is 11.3 Å². The number of hydrogen-bond donors (Lipinski definition) is 3. The molecule has 176 valence electrons. The molecule has 1 aliphatic heterocycles. The van der Waals surface area contributed by atoms with Crippen molar-refractivity contribution in [2.75, 3.05) is 31.2 Å². The molecule has 0 aliphatic carbocycles. The topological polar surface area (TPSA) is 136 Å². The summed E-state index contributed by atoms with van der Waals surface area (Å²) in [4.78, 5) is 42.9. The lowest BCUT2D eigenvalue weighted by Gasteiger charge is -2.25. The van der Waals surface area contributed by atoms with Gasteiger partial charge in [-0.3, -0.25) is 25.2 Å². The van der Waals surface area contributed by atoms with Gasteiger partial charge in [-0.2, -0.15) is 0 Å². The van der Waals surface area contributed by atoms with Crippen LogP contribution in [0.3, 0.4) is 0 Å². The van der Waals surface area contributed by atoms with Crippen molar-refractivity contribution in [1.29, 1.82) is 0 Å². The fourth-order valence-corrected chi connectivity index (χ4v) is 4.14. The summed E-state index contributed by atoms with van der Waals surface area (Å²) < 4.78 is 11.0. The molecule has 1 aromatic heterocycles. The van der Waals surface area contributed by atoms with Gasteiger partial charge in [-0.15, -0.1) is 11.3 Å². The van der Waals surface area contributed by atoms with Gasteiger partial charge in [0, 0.05) is 24.0 Å². The average Bonchev–Trinajstić information content (AvgIpc) is 3.37. The molecule has 3 amide bonds. The summed E-state index contributed by atoms with van der Waals surface area (Å²) in [5, 5.41) is 2.39. The minimum Gasteiger partial charge on any atom is -0.488 e. The van der Waals surface area contributed by atoms with Crippen molar-refractivity contribution >= 4 is 34.2 Å². The van der Waals surface area contributed by atoms with Crippen molar-refractivity contribution in [1.82, 2.24) is 15.8 Å². The molecule has 4 N–H and O–H groups in total. The van der Waals surface area contributed by atoms with Gasteiger partial charge in [0.1, 0.15) is 18.1 Å². The first-order valence-electron chi connectivity index (χ1n) is 10.5. The molecule has 3 aromatic rings. The van der Waals surface area contributed by atoms with Gasteiger partial charge in [0.2, 0.25) is 0 Å². The maximum atomic E-state index is 12.5. The second-order valence-corrected chi connectivity index (χ2v) is 8.21. The number of rotatable bonds is 7. The first-order valence-corrected chi connectivity index (χ1v) is 11.4. The predicted molar refractivity (Wildman–Crippen MR) is 126 cm³/mol. The maximum Gasteiger partial charge on any atom is 0.289 e. The Hall–Kier alpha value is -3.96. The monoisotopic (exact) mass is 481 g/mol. The lowest BCUT2D eigenvalue weighted by Crippen LogP contribution is -2.42. The van der Waals surface area contributed by atoms with Crippen LogP contribution < -0.4 is 26.2 Å². The number of nitrogens with zero attached hydrogens (tertiary/aromatic N) is 2. The van der Waals surface area contributed by atoms with E-state index in [2.05, 4.69) is 20.7 Å². The minimum absolute atomic E-state index is 0.126. The lowest BCUT2D eigenvalue weighted by molar-refractivity contribution is 0.0844. The molecule has 1 fully saturated rings. The third-order valence-electron chi connectivity index (χ3n) is 5.03. The van der Waals surface area contributed by atoms with Crippen molar-refractivity contribution < 1.29 is 23.9 Å². The van der Waals surface area contributed by atoms with E-state index < -0.39 is 17.7 Å². The van der Waals surface area contributed by atoms with E-state index in [9.17, 15) is 14.4 Å². The van der Waals surface area contributed by atoms with Crippen LogP contribution in [-0.4, -0.2) is 49.0 Å². The van der Waals surface area contributed by atoms with E-state index in [-0.39, 0.29) is 17.9 Å². The van der Waals surface area contributed by atoms with Crippen LogP contribution in [0.25, 0.3) is 0 Å². The fraction of sp³-hybridized carbons (Fsp3) is 0.217. The number of amides is 3. The van der Waals surface area contributed by atoms with Gasteiger partial charge in [0.05, 0.1) is 18.8 Å². The smallest absolute Gasteiger partial charge is 0.289 e. The number of ether oxygens (including phenoxy) is 2. The maximum absolute atomic E-state index is 12.5. The van der Waals surface area contributed by atoms with E-state index in [4.69, 9.17) is 15.2 Å². The quantitative estimate of drug-likeness (QED) is 0.437. The summed E-state index contributed by atoms with van der Waals surface area (Å²) in [5.41, 5.74) is 11.7. The highest BCUT2D eigenvalue weighted by Gasteiger charge is 2.18. The third kappa shape index (κ3) is 5.69. The standard InChI is InChI=1S/C23H23N5O5S/c24-20(29)17-6-1-2-7-19(17)33-13-15-4-3-5-16(12-15)21(30)26-27-22(31)18-14-34-23(25-18)28-8-10-32-11-9-28/h1-7,12,14H,8-11,13H2,(H2,24,29)(H,26,30)(H,27,31). The van der Waals surface area contributed by atoms with E-state index in [0.29, 0.717) is 30.1 Å². The Bertz CT molecular complexity index is 1190. The zero-order chi connectivity index (χ0) is 23.9. The number of hydrazine groups is 1. The van der Waals surface area contributed by atoms with Gasteiger partial charge in [0.25, 0.3) is 17.7 Å². The first kappa shape index (κ1) is 23.2. The number of thiazole rings is 1. The highest BCUT2D eigenvalue weighted by atomic mass is 32.1. The van der Waals surface area contributed by atoms with Crippen molar-refractivity contribution in [2.45, 2.75) is 6.61 Å². The van der Waals surface area contributed by atoms with Gasteiger partial charge in [-0.05, 0) is 29.8 Å². The molecule has 11 heteroatoms. The molecular formula is C23H23N5O5S. The van der Waals surface area contributed by atoms with Crippen molar-refractivity contribution in [3.63, 3.8) is 0 Å². The van der Waals surface area contributed by atoms with Crippen LogP contribution in [0.15, 0.2) is 53.9 Å². The van der Waals surface area contributed by atoms with Crippen LogP contribution in [0, 0.1) is 0 Å². The largest absolute Gasteiger partial charge is 0.488 e. The molecule has 0 atom stereocenters. The number of benzene rings is 2. The van der Waals surface area contributed by atoms with Crippen LogP contribution in [-0.2, 0) is 11.3 Å². The summed E-state index contributed by atoms with van der Waals surface area (Å²) in [6.07, 6.45) is 0. The van der Waals surface area contributed by atoms with Gasteiger partial charge in [-0.25, -0.2) is 4.98 Å². The lowest BCUT2D eigenvalue weighted by atomic mass is 10.1. The number of aromatic nitrogens is 1. The summed E-state index contributed by atoms with van der Waals surface area (Å²) in [6, 6.07) is 13.4. The Balaban J connectivity index is 1.32. The minimum atomic E-state index is -0.586. The second-order valence-electron chi connectivity index (χ2n) is 7.37. The molecule has 1 saturated heterocycles. The van der Waals surface area contributed by atoms with E-state index >= 15 is 0 Å². The molecule has 2 aromatic carbocycles. The predicted octanol–water partition coefficient (Wildman–Crippen LogP) is 1.73. The molecule has 2 heterocycles. The zero-order valence-corrected chi connectivity index (χ0v) is 19.0. The van der Waals surface area contributed by atoms with Crippen molar-refractivity contribution in [2.24, 2.45) is 5.73 Å². The van der Waals surface area contributed by atoms with Gasteiger partial charge < -0.3 is 20.1 Å². The highest BCUT2D eigenvalue weighted by Crippen LogP contribution is 2.21. The van der Waals surface area contributed by atoms with Crippen LogP contribution in [0.2, 0.25) is 0 Å². The van der Waals surface area contributed by atoms with E-state index in [1.807, 2.05) is 0 Å². The molecule has 0 unspecified atom stereocenters. The SMILES string of the molecule is NC(=O)c1ccccc1OCc1cccc(C(=O)NNC(=O)c2csc(N3CCOCC3)n2)c1. The van der Waals surface area contributed by atoms with Gasteiger partial charge in [-0.1, -0.05) is 24.3 Å². The van der Waals surface area contributed by atoms with Crippen molar-refractivity contribution in [3.8, 4) is 5.75 Å². The van der Waals surface area contributed by atoms with Crippen LogP contribution in [0.4, 0.5) is 5.13 Å². The molecule has 4 rings (SSSR count). The molecule has 0 saturated carbocycles. The number of carbonyl (C=O) groups excluding carboxylic acids is 3. The molecule has 0 spiro atoms. The molecule has 10 nitrogen and oxygen atoms in total. The molecule has 0 bridgehead atoms. The number of anilines is 1. The molecular weight excluding hydrogens is 458 g/mol. The summed E-state index contributed by atoms with van der Waals surface area (Å²) >= 11 is 1.37. The van der Waals surface area contributed by atoms with Crippen LogP contribution in [0.5, 0.6) is 5.75 Å².